The van der Waals surface area contributed by atoms with Gasteiger partial charge in [-0.25, -0.2) is 4.79 Å². The molecule has 5 nitrogen and oxygen atoms in total. The molecule has 0 aromatic rings. The summed E-state index contributed by atoms with van der Waals surface area (Å²) in [6.07, 6.45) is 2.84. The van der Waals surface area contributed by atoms with Crippen LogP contribution in [0.15, 0.2) is 0 Å². The Labute approximate surface area is 114 Å². The molecule has 1 rings (SSSR count). The smallest absolute Gasteiger partial charge is 0.410 e. The number of rotatable bonds is 3. The SMILES string of the molecule is CN(C[C@H]1CC[C@H](C(=O)O)CC1)C(=O)OC(C)(C)C. The summed E-state index contributed by atoms with van der Waals surface area (Å²) in [5, 5.41) is 8.94. The molecule has 0 aromatic heterocycles. The van der Waals surface area contributed by atoms with Crippen LogP contribution in [0.5, 0.6) is 0 Å². The Balaban J connectivity index is 2.36. The van der Waals surface area contributed by atoms with Gasteiger partial charge >= 0.3 is 12.1 Å². The fourth-order valence-electron chi connectivity index (χ4n) is 2.39. The van der Waals surface area contributed by atoms with Gasteiger partial charge in [0.25, 0.3) is 0 Å². The van der Waals surface area contributed by atoms with Crippen molar-refractivity contribution in [2.75, 3.05) is 13.6 Å². The summed E-state index contributed by atoms with van der Waals surface area (Å²) in [6, 6.07) is 0. The molecule has 0 bridgehead atoms. The van der Waals surface area contributed by atoms with Crippen LogP contribution in [0.1, 0.15) is 46.5 Å². The number of carboxylic acid groups (broad SMARTS) is 1. The minimum absolute atomic E-state index is 0.205. The Morgan fingerprint density at radius 2 is 1.74 bits per heavy atom. The molecular formula is C14H25NO4. The van der Waals surface area contributed by atoms with Crippen LogP contribution in [0.4, 0.5) is 4.79 Å². The number of hydrogen-bond acceptors (Lipinski definition) is 3. The zero-order valence-electron chi connectivity index (χ0n) is 12.3. The highest BCUT2D eigenvalue weighted by Gasteiger charge is 2.28. The number of carboxylic acids is 1. The first kappa shape index (κ1) is 15.8. The molecule has 1 aliphatic rings. The van der Waals surface area contributed by atoms with Crippen LogP contribution in [0.2, 0.25) is 0 Å². The van der Waals surface area contributed by atoms with E-state index in [0.29, 0.717) is 25.3 Å². The van der Waals surface area contributed by atoms with E-state index < -0.39 is 11.6 Å². The lowest BCUT2D eigenvalue weighted by Crippen LogP contribution is -2.38. The van der Waals surface area contributed by atoms with Crippen molar-refractivity contribution < 1.29 is 19.4 Å². The Morgan fingerprint density at radius 3 is 2.16 bits per heavy atom. The van der Waals surface area contributed by atoms with Crippen molar-refractivity contribution in [2.24, 2.45) is 11.8 Å². The molecule has 0 spiro atoms. The largest absolute Gasteiger partial charge is 0.481 e. The fraction of sp³-hybridized carbons (Fsp3) is 0.857. The van der Waals surface area contributed by atoms with Gasteiger partial charge in [0.1, 0.15) is 5.60 Å². The molecule has 0 aliphatic heterocycles. The molecule has 0 saturated heterocycles. The Bertz CT molecular complexity index is 327. The minimum atomic E-state index is -0.695. The lowest BCUT2D eigenvalue weighted by atomic mass is 9.82. The van der Waals surface area contributed by atoms with E-state index in [1.54, 1.807) is 11.9 Å². The van der Waals surface area contributed by atoms with Crippen molar-refractivity contribution in [1.82, 2.24) is 4.90 Å². The average Bonchev–Trinajstić information content (AvgIpc) is 2.27. The van der Waals surface area contributed by atoms with Gasteiger partial charge in [-0.15, -0.1) is 0 Å². The number of amides is 1. The molecule has 1 aliphatic carbocycles. The third-order valence-corrected chi connectivity index (χ3v) is 3.43. The van der Waals surface area contributed by atoms with Crippen LogP contribution in [0.25, 0.3) is 0 Å². The second kappa shape index (κ2) is 6.26. The van der Waals surface area contributed by atoms with E-state index in [9.17, 15) is 9.59 Å². The Morgan fingerprint density at radius 1 is 1.21 bits per heavy atom. The van der Waals surface area contributed by atoms with Gasteiger partial charge in [0.05, 0.1) is 5.92 Å². The molecule has 0 atom stereocenters. The monoisotopic (exact) mass is 271 g/mol. The number of carbonyl (C=O) groups excluding carboxylic acids is 1. The Kier molecular flexibility index (Phi) is 5.20. The summed E-state index contributed by atoms with van der Waals surface area (Å²) in [6.45, 7) is 6.17. The third kappa shape index (κ3) is 5.49. The van der Waals surface area contributed by atoms with E-state index >= 15 is 0 Å². The summed E-state index contributed by atoms with van der Waals surface area (Å²) in [4.78, 5) is 24.3. The highest BCUT2D eigenvalue weighted by molar-refractivity contribution is 5.70. The maximum atomic E-state index is 11.8. The van der Waals surface area contributed by atoms with Crippen molar-refractivity contribution in [3.05, 3.63) is 0 Å². The number of aliphatic carboxylic acids is 1. The van der Waals surface area contributed by atoms with Crippen LogP contribution >= 0.6 is 0 Å². The van der Waals surface area contributed by atoms with Gasteiger partial charge in [-0.1, -0.05) is 0 Å². The van der Waals surface area contributed by atoms with E-state index in [1.165, 1.54) is 0 Å². The van der Waals surface area contributed by atoms with Crippen molar-refractivity contribution >= 4 is 12.1 Å². The van der Waals surface area contributed by atoms with Crippen LogP contribution in [-0.2, 0) is 9.53 Å². The van der Waals surface area contributed by atoms with E-state index in [4.69, 9.17) is 9.84 Å². The maximum absolute atomic E-state index is 11.8. The topological polar surface area (TPSA) is 66.8 Å². The highest BCUT2D eigenvalue weighted by atomic mass is 16.6. The predicted octanol–water partition coefficient (Wildman–Crippen LogP) is 2.74. The normalized spacial score (nSPS) is 23.8. The highest BCUT2D eigenvalue weighted by Crippen LogP contribution is 2.29. The lowest BCUT2D eigenvalue weighted by molar-refractivity contribution is -0.143. The summed E-state index contributed by atoms with van der Waals surface area (Å²) in [5.74, 6) is -0.518. The van der Waals surface area contributed by atoms with E-state index in [1.807, 2.05) is 20.8 Å². The summed E-state index contributed by atoms with van der Waals surface area (Å²) in [5.41, 5.74) is -0.480. The molecular weight excluding hydrogens is 246 g/mol. The first-order chi connectivity index (χ1) is 8.69. The molecule has 5 heteroatoms. The number of hydrogen-bond donors (Lipinski definition) is 1. The molecule has 110 valence electrons. The first-order valence-corrected chi connectivity index (χ1v) is 6.86. The molecule has 0 radical (unpaired) electrons. The summed E-state index contributed by atoms with van der Waals surface area (Å²) < 4.78 is 5.29. The Hall–Kier alpha value is -1.26. The van der Waals surface area contributed by atoms with E-state index in [-0.39, 0.29) is 12.0 Å². The molecule has 0 unspecified atom stereocenters. The van der Waals surface area contributed by atoms with Gasteiger partial charge in [-0.05, 0) is 52.4 Å². The molecule has 0 heterocycles. The van der Waals surface area contributed by atoms with Gasteiger partial charge in [0.2, 0.25) is 0 Å². The minimum Gasteiger partial charge on any atom is -0.481 e. The van der Waals surface area contributed by atoms with Crippen molar-refractivity contribution in [2.45, 2.75) is 52.1 Å². The summed E-state index contributed by atoms with van der Waals surface area (Å²) >= 11 is 0. The number of carbonyl (C=O) groups is 2. The van der Waals surface area contributed by atoms with Gasteiger partial charge in [0, 0.05) is 13.6 Å². The standard InChI is InChI=1S/C14H25NO4/c1-14(2,3)19-13(18)15(4)9-10-5-7-11(8-6-10)12(16)17/h10-11H,5-9H2,1-4H3,(H,16,17)/t10-,11-. The van der Waals surface area contributed by atoms with Gasteiger partial charge in [0.15, 0.2) is 0 Å². The zero-order valence-corrected chi connectivity index (χ0v) is 12.3. The number of ether oxygens (including phenoxy) is 1. The van der Waals surface area contributed by atoms with Gasteiger partial charge in [-0.2, -0.15) is 0 Å². The quantitative estimate of drug-likeness (QED) is 0.857. The van der Waals surface area contributed by atoms with Crippen LogP contribution in [0.3, 0.4) is 0 Å². The van der Waals surface area contributed by atoms with Crippen LogP contribution in [0, 0.1) is 11.8 Å². The molecule has 19 heavy (non-hydrogen) atoms. The molecule has 1 saturated carbocycles. The maximum Gasteiger partial charge on any atom is 0.410 e. The molecule has 1 fully saturated rings. The third-order valence-electron chi connectivity index (χ3n) is 3.43. The second-order valence-corrected chi connectivity index (χ2v) is 6.42. The van der Waals surface area contributed by atoms with Crippen molar-refractivity contribution in [3.63, 3.8) is 0 Å². The molecule has 1 N–H and O–H groups in total. The van der Waals surface area contributed by atoms with Gasteiger partial charge in [-0.3, -0.25) is 4.79 Å². The summed E-state index contributed by atoms with van der Waals surface area (Å²) in [7, 11) is 1.73. The first-order valence-electron chi connectivity index (χ1n) is 6.86. The lowest BCUT2D eigenvalue weighted by Gasteiger charge is -2.30. The van der Waals surface area contributed by atoms with Crippen molar-refractivity contribution in [1.29, 1.82) is 0 Å². The van der Waals surface area contributed by atoms with E-state index in [2.05, 4.69) is 0 Å². The molecule has 0 aromatic carbocycles. The van der Waals surface area contributed by atoms with Crippen LogP contribution in [-0.4, -0.2) is 41.3 Å². The predicted molar refractivity (Wildman–Crippen MR) is 71.9 cm³/mol. The zero-order chi connectivity index (χ0) is 14.6. The fourth-order valence-corrected chi connectivity index (χ4v) is 2.39. The van der Waals surface area contributed by atoms with Crippen LogP contribution < -0.4 is 0 Å². The molecule has 1 amide bonds. The van der Waals surface area contributed by atoms with Crippen molar-refractivity contribution in [3.8, 4) is 0 Å². The average molecular weight is 271 g/mol. The van der Waals surface area contributed by atoms with Gasteiger partial charge < -0.3 is 14.7 Å². The number of nitrogens with zero attached hydrogens (tertiary/aromatic N) is 1. The second-order valence-electron chi connectivity index (χ2n) is 6.42. The van der Waals surface area contributed by atoms with E-state index in [0.717, 1.165) is 12.8 Å².